The first-order valence-corrected chi connectivity index (χ1v) is 8.91. The molecule has 0 aromatic carbocycles. The van der Waals surface area contributed by atoms with Crippen molar-refractivity contribution in [1.29, 1.82) is 0 Å². The third-order valence-corrected chi connectivity index (χ3v) is 5.18. The molecule has 0 aromatic heterocycles. The Morgan fingerprint density at radius 2 is 1.80 bits per heavy atom. The lowest BCUT2D eigenvalue weighted by Gasteiger charge is -2.36. The minimum atomic E-state index is 0.499. The summed E-state index contributed by atoms with van der Waals surface area (Å²) in [6.07, 6.45) is 9.70. The standard InChI is InChI=1S/C18H36N2/c1-14(2)10-16-8-7-15(13-20-16)11-18(3,4)12-17-6-5-9-19-17/h14-17,19-20H,5-13H2,1-4H3. The van der Waals surface area contributed by atoms with Crippen molar-refractivity contribution in [1.82, 2.24) is 10.6 Å². The lowest BCUT2D eigenvalue weighted by atomic mass is 9.75. The van der Waals surface area contributed by atoms with E-state index >= 15 is 0 Å². The first kappa shape index (κ1) is 16.3. The predicted octanol–water partition coefficient (Wildman–Crippen LogP) is 3.96. The molecule has 0 saturated carbocycles. The van der Waals surface area contributed by atoms with E-state index in [0.717, 1.165) is 23.9 Å². The quantitative estimate of drug-likeness (QED) is 0.769. The molecule has 2 rings (SSSR count). The van der Waals surface area contributed by atoms with Gasteiger partial charge in [-0.15, -0.1) is 0 Å². The van der Waals surface area contributed by atoms with E-state index in [1.165, 1.54) is 58.0 Å². The van der Waals surface area contributed by atoms with Gasteiger partial charge in [0.1, 0.15) is 0 Å². The molecule has 3 atom stereocenters. The van der Waals surface area contributed by atoms with Crippen LogP contribution in [0, 0.1) is 17.3 Å². The first-order chi connectivity index (χ1) is 9.44. The van der Waals surface area contributed by atoms with Gasteiger partial charge in [0, 0.05) is 12.1 Å². The van der Waals surface area contributed by atoms with Gasteiger partial charge in [0.2, 0.25) is 0 Å². The Bertz CT molecular complexity index is 271. The van der Waals surface area contributed by atoms with Crippen molar-refractivity contribution in [3.05, 3.63) is 0 Å². The SMILES string of the molecule is CC(C)CC1CCC(CC(C)(C)CC2CCCN2)CN1. The van der Waals surface area contributed by atoms with E-state index in [1.54, 1.807) is 0 Å². The van der Waals surface area contributed by atoms with Crippen LogP contribution in [0.15, 0.2) is 0 Å². The minimum Gasteiger partial charge on any atom is -0.314 e. The van der Waals surface area contributed by atoms with Gasteiger partial charge >= 0.3 is 0 Å². The fourth-order valence-corrected chi connectivity index (χ4v) is 4.38. The van der Waals surface area contributed by atoms with Gasteiger partial charge in [0.25, 0.3) is 0 Å². The fourth-order valence-electron chi connectivity index (χ4n) is 4.38. The van der Waals surface area contributed by atoms with Crippen molar-refractivity contribution in [2.75, 3.05) is 13.1 Å². The Labute approximate surface area is 126 Å². The highest BCUT2D eigenvalue weighted by Crippen LogP contribution is 2.35. The Hall–Kier alpha value is -0.0800. The van der Waals surface area contributed by atoms with E-state index in [2.05, 4.69) is 38.3 Å². The predicted molar refractivity (Wildman–Crippen MR) is 88.0 cm³/mol. The monoisotopic (exact) mass is 280 g/mol. The molecule has 2 heteroatoms. The van der Waals surface area contributed by atoms with Crippen LogP contribution in [0.3, 0.4) is 0 Å². The molecular formula is C18H36N2. The number of piperidine rings is 1. The zero-order chi connectivity index (χ0) is 14.6. The molecule has 118 valence electrons. The molecule has 2 aliphatic heterocycles. The molecule has 2 nitrogen and oxygen atoms in total. The Balaban J connectivity index is 1.70. The summed E-state index contributed by atoms with van der Waals surface area (Å²) in [5, 5.41) is 7.46. The smallest absolute Gasteiger partial charge is 0.00726 e. The van der Waals surface area contributed by atoms with E-state index in [-0.39, 0.29) is 0 Å². The molecule has 2 aliphatic rings. The highest BCUT2D eigenvalue weighted by Gasteiger charge is 2.30. The van der Waals surface area contributed by atoms with Crippen molar-refractivity contribution < 1.29 is 0 Å². The van der Waals surface area contributed by atoms with Gasteiger partial charge in [0.15, 0.2) is 0 Å². The van der Waals surface area contributed by atoms with Crippen LogP contribution in [-0.2, 0) is 0 Å². The van der Waals surface area contributed by atoms with Crippen molar-refractivity contribution in [3.8, 4) is 0 Å². The topological polar surface area (TPSA) is 24.1 Å². The molecule has 0 radical (unpaired) electrons. The normalized spacial score (nSPS) is 31.9. The number of rotatable bonds is 6. The van der Waals surface area contributed by atoms with Crippen LogP contribution in [0.1, 0.15) is 72.6 Å². The summed E-state index contributed by atoms with van der Waals surface area (Å²) in [5.41, 5.74) is 0.499. The van der Waals surface area contributed by atoms with Gasteiger partial charge in [-0.05, 0) is 75.3 Å². The zero-order valence-corrected chi connectivity index (χ0v) is 14.2. The second-order valence-corrected chi connectivity index (χ2v) is 8.54. The maximum absolute atomic E-state index is 3.80. The Morgan fingerprint density at radius 3 is 2.35 bits per heavy atom. The molecule has 0 aliphatic carbocycles. The first-order valence-electron chi connectivity index (χ1n) is 8.91. The van der Waals surface area contributed by atoms with Gasteiger partial charge in [-0.1, -0.05) is 27.7 Å². The summed E-state index contributed by atoms with van der Waals surface area (Å²) >= 11 is 0. The van der Waals surface area contributed by atoms with Gasteiger partial charge < -0.3 is 10.6 Å². The molecule has 0 spiro atoms. The van der Waals surface area contributed by atoms with Gasteiger partial charge in [-0.2, -0.15) is 0 Å². The zero-order valence-electron chi connectivity index (χ0n) is 14.2. The number of nitrogens with one attached hydrogen (secondary N) is 2. The Kier molecular flexibility index (Phi) is 5.92. The van der Waals surface area contributed by atoms with Gasteiger partial charge in [-0.25, -0.2) is 0 Å². The van der Waals surface area contributed by atoms with E-state index in [0.29, 0.717) is 5.41 Å². The van der Waals surface area contributed by atoms with Crippen LogP contribution >= 0.6 is 0 Å². The lowest BCUT2D eigenvalue weighted by molar-refractivity contribution is 0.182. The molecule has 0 aromatic rings. The van der Waals surface area contributed by atoms with Crippen LogP contribution in [0.25, 0.3) is 0 Å². The summed E-state index contributed by atoms with van der Waals surface area (Å²) in [4.78, 5) is 0. The second-order valence-electron chi connectivity index (χ2n) is 8.54. The second kappa shape index (κ2) is 7.26. The average molecular weight is 280 g/mol. The average Bonchev–Trinajstić information content (AvgIpc) is 2.82. The van der Waals surface area contributed by atoms with Crippen molar-refractivity contribution in [2.45, 2.75) is 84.7 Å². The highest BCUT2D eigenvalue weighted by molar-refractivity contribution is 4.86. The van der Waals surface area contributed by atoms with Crippen molar-refractivity contribution >= 4 is 0 Å². The molecule has 3 unspecified atom stereocenters. The summed E-state index contributed by atoms with van der Waals surface area (Å²) in [6, 6.07) is 1.57. The van der Waals surface area contributed by atoms with Gasteiger partial charge in [0.05, 0.1) is 0 Å². The van der Waals surface area contributed by atoms with Crippen LogP contribution < -0.4 is 10.6 Å². The maximum atomic E-state index is 3.80. The van der Waals surface area contributed by atoms with Crippen molar-refractivity contribution in [3.63, 3.8) is 0 Å². The molecule has 20 heavy (non-hydrogen) atoms. The third-order valence-electron chi connectivity index (χ3n) is 5.18. The van der Waals surface area contributed by atoms with Crippen LogP contribution in [0.5, 0.6) is 0 Å². The maximum Gasteiger partial charge on any atom is 0.00726 e. The van der Waals surface area contributed by atoms with E-state index in [9.17, 15) is 0 Å². The molecule has 0 amide bonds. The molecular weight excluding hydrogens is 244 g/mol. The van der Waals surface area contributed by atoms with Crippen LogP contribution in [0.4, 0.5) is 0 Å². The lowest BCUT2D eigenvalue weighted by Crippen LogP contribution is -2.41. The van der Waals surface area contributed by atoms with Crippen LogP contribution in [-0.4, -0.2) is 25.2 Å². The van der Waals surface area contributed by atoms with E-state index < -0.39 is 0 Å². The summed E-state index contributed by atoms with van der Waals surface area (Å²) < 4.78 is 0. The molecule has 2 N–H and O–H groups in total. The van der Waals surface area contributed by atoms with E-state index in [1.807, 2.05) is 0 Å². The largest absolute Gasteiger partial charge is 0.314 e. The highest BCUT2D eigenvalue weighted by atomic mass is 14.9. The Morgan fingerprint density at radius 1 is 1.00 bits per heavy atom. The van der Waals surface area contributed by atoms with E-state index in [4.69, 9.17) is 0 Å². The number of hydrogen-bond acceptors (Lipinski definition) is 2. The minimum absolute atomic E-state index is 0.499. The fraction of sp³-hybridized carbons (Fsp3) is 1.00. The molecule has 2 heterocycles. The molecule has 2 saturated heterocycles. The van der Waals surface area contributed by atoms with Crippen LogP contribution in [0.2, 0.25) is 0 Å². The summed E-state index contributed by atoms with van der Waals surface area (Å²) in [6.45, 7) is 12.1. The van der Waals surface area contributed by atoms with Crippen molar-refractivity contribution in [2.24, 2.45) is 17.3 Å². The molecule has 2 fully saturated rings. The third kappa shape index (κ3) is 5.37. The summed E-state index contributed by atoms with van der Waals surface area (Å²) in [7, 11) is 0. The van der Waals surface area contributed by atoms with Gasteiger partial charge in [-0.3, -0.25) is 0 Å². The molecule has 0 bridgehead atoms. The number of hydrogen-bond donors (Lipinski definition) is 2. The summed E-state index contributed by atoms with van der Waals surface area (Å²) in [5.74, 6) is 1.73.